The number of amides is 2. The third-order valence-corrected chi connectivity index (χ3v) is 15.7. The monoisotopic (exact) mass is 930 g/mol. The fraction of sp³-hybridized carbons (Fsp3) is 0.540. The number of piperidine rings is 2. The number of anilines is 2. The maximum Gasteiger partial charge on any atom is 0.249 e. The number of pyridine rings is 1. The molecular formula is C50H57F3N12O3. The van der Waals surface area contributed by atoms with E-state index < -0.39 is 12.0 Å². The van der Waals surface area contributed by atoms with Crippen LogP contribution in [0.25, 0.3) is 28.0 Å². The Labute approximate surface area is 393 Å². The van der Waals surface area contributed by atoms with Crippen LogP contribution in [-0.4, -0.2) is 127 Å². The number of imide groups is 1. The fourth-order valence-corrected chi connectivity index (χ4v) is 11.9. The number of piperazine rings is 1. The zero-order valence-corrected chi connectivity index (χ0v) is 38.1. The number of nitriles is 1. The molecule has 3 atom stereocenters. The predicted molar refractivity (Wildman–Crippen MR) is 247 cm³/mol. The zero-order valence-electron chi connectivity index (χ0n) is 38.1. The van der Waals surface area contributed by atoms with E-state index in [9.17, 15) is 23.6 Å². The molecule has 2 saturated carbocycles. The Hall–Kier alpha value is -5.90. The van der Waals surface area contributed by atoms with Gasteiger partial charge in [-0.25, -0.2) is 27.7 Å². The molecule has 356 valence electrons. The zero-order chi connectivity index (χ0) is 46.5. The molecule has 68 heavy (non-hydrogen) atoms. The molecular weight excluding hydrogens is 874 g/mol. The lowest BCUT2D eigenvalue weighted by Crippen LogP contribution is -2.65. The normalized spacial score (nSPS) is 26.4. The van der Waals surface area contributed by atoms with Crippen molar-refractivity contribution in [1.29, 1.82) is 5.26 Å². The Morgan fingerprint density at radius 3 is 2.32 bits per heavy atom. The number of ether oxygens (including phenoxy) is 1. The second-order valence-corrected chi connectivity index (χ2v) is 20.0. The van der Waals surface area contributed by atoms with Crippen molar-refractivity contribution in [2.24, 2.45) is 5.92 Å². The number of hydrogen-bond donors (Lipinski definition) is 2. The van der Waals surface area contributed by atoms with Crippen molar-refractivity contribution in [2.75, 3.05) is 56.2 Å². The van der Waals surface area contributed by atoms with Crippen LogP contribution in [0.5, 0.6) is 0 Å². The quantitative estimate of drug-likeness (QED) is 0.139. The van der Waals surface area contributed by atoms with E-state index in [-0.39, 0.29) is 66.9 Å². The van der Waals surface area contributed by atoms with E-state index in [1.807, 2.05) is 42.9 Å². The van der Waals surface area contributed by atoms with Gasteiger partial charge in [0.1, 0.15) is 34.8 Å². The Kier molecular flexibility index (Phi) is 12.2. The van der Waals surface area contributed by atoms with Gasteiger partial charge in [0.15, 0.2) is 0 Å². The molecule has 2 bridgehead atoms. The molecule has 4 aromatic heterocycles. The molecule has 2 N–H and O–H groups in total. The minimum Gasteiger partial charge on any atom is -0.378 e. The van der Waals surface area contributed by atoms with Gasteiger partial charge in [0, 0.05) is 74.1 Å². The van der Waals surface area contributed by atoms with Crippen molar-refractivity contribution in [3.8, 4) is 28.6 Å². The first-order valence-corrected chi connectivity index (χ1v) is 24.4. The highest BCUT2D eigenvalue weighted by Gasteiger charge is 2.42. The van der Waals surface area contributed by atoms with Gasteiger partial charge in [0.25, 0.3) is 0 Å². The number of aromatic nitrogens is 6. The molecule has 5 aromatic rings. The topological polar surface area (TPSA) is 162 Å². The van der Waals surface area contributed by atoms with Gasteiger partial charge >= 0.3 is 0 Å². The van der Waals surface area contributed by atoms with Crippen molar-refractivity contribution in [3.63, 3.8) is 0 Å². The van der Waals surface area contributed by atoms with Crippen LogP contribution in [0.15, 0.2) is 61.3 Å². The van der Waals surface area contributed by atoms with E-state index in [1.165, 1.54) is 6.07 Å². The molecule has 6 aliphatic rings. The van der Waals surface area contributed by atoms with Gasteiger partial charge in [0.2, 0.25) is 17.7 Å². The van der Waals surface area contributed by atoms with Crippen LogP contribution in [0, 0.1) is 23.1 Å². The number of rotatable bonds is 10. The van der Waals surface area contributed by atoms with Crippen molar-refractivity contribution in [3.05, 3.63) is 78.3 Å². The van der Waals surface area contributed by atoms with Gasteiger partial charge in [0.05, 0.1) is 61.3 Å². The Balaban J connectivity index is 0.713. The van der Waals surface area contributed by atoms with E-state index in [4.69, 9.17) is 19.8 Å². The summed E-state index contributed by atoms with van der Waals surface area (Å²) >= 11 is 0. The predicted octanol–water partition coefficient (Wildman–Crippen LogP) is 6.96. The average molecular weight is 931 g/mol. The smallest absolute Gasteiger partial charge is 0.249 e. The van der Waals surface area contributed by atoms with Gasteiger partial charge in [-0.1, -0.05) is 6.07 Å². The maximum atomic E-state index is 15.4. The Morgan fingerprint density at radius 2 is 1.62 bits per heavy atom. The van der Waals surface area contributed by atoms with Crippen LogP contribution in [0.4, 0.5) is 24.7 Å². The van der Waals surface area contributed by atoms with Crippen molar-refractivity contribution in [2.45, 2.75) is 119 Å². The van der Waals surface area contributed by atoms with Crippen LogP contribution in [0.3, 0.4) is 0 Å². The SMILES string of the molecule is N#Cc1cnn2cc(-c3cnn(C4CCC(N5CCC(c6ccc(NC7CCC(=O)NC7=O)cc6F)CC5)CC4)c3)nc(-c3ccc(N4C[C@H]5COC[C@@H](C4)N5CC4CCC(F)(F)CC4)nc3)c12. The molecule has 0 spiro atoms. The number of nitrogens with zero attached hydrogens (tertiary/aromatic N) is 10. The van der Waals surface area contributed by atoms with E-state index in [0.29, 0.717) is 66.7 Å². The lowest BCUT2D eigenvalue weighted by Gasteiger charge is -2.51. The van der Waals surface area contributed by atoms with Crippen LogP contribution in [0.2, 0.25) is 0 Å². The standard InChI is InChI=1S/C50H57F3N12O3/c51-42-19-36(58-43-8-10-46(66)60-49(43)67)2-7-41(42)32-13-17-61(18-14-32)37-3-5-38(6-4-37)64-25-35(23-56-64)44-28-65-48(34(20-54)22-57-65)47(59-44)33-1-9-45(55-21-33)62-26-39-29-68-30-40(27-62)63(39)24-31-11-15-50(52,53)16-12-31/h1-2,7,9,19,21-23,25,28,31-32,37-40,43,58H,3-6,8,10-18,24,26-27,29-30H2,(H,60,66,67)/t37?,38?,39-,40+,43?. The molecule has 15 nitrogen and oxygen atoms in total. The highest BCUT2D eigenvalue weighted by Crippen LogP contribution is 2.40. The highest BCUT2D eigenvalue weighted by molar-refractivity contribution is 6.01. The number of fused-ring (bicyclic) bond motifs is 3. The number of benzene rings is 1. The fourth-order valence-electron chi connectivity index (χ4n) is 11.9. The molecule has 1 unspecified atom stereocenters. The first kappa shape index (κ1) is 44.6. The molecule has 0 radical (unpaired) electrons. The minimum atomic E-state index is -2.53. The maximum absolute atomic E-state index is 15.4. The summed E-state index contributed by atoms with van der Waals surface area (Å²) in [6.07, 6.45) is 16.8. The second-order valence-electron chi connectivity index (χ2n) is 20.0. The molecule has 11 rings (SSSR count). The van der Waals surface area contributed by atoms with Gasteiger partial charge in [-0.05, 0) is 113 Å². The number of halogens is 3. The van der Waals surface area contributed by atoms with E-state index in [1.54, 1.807) is 10.7 Å². The largest absolute Gasteiger partial charge is 0.378 e. The van der Waals surface area contributed by atoms with Crippen LogP contribution in [-0.2, 0) is 14.3 Å². The van der Waals surface area contributed by atoms with E-state index in [2.05, 4.69) is 47.4 Å². The number of carbonyl (C=O) groups excluding carboxylic acids is 2. The highest BCUT2D eigenvalue weighted by atomic mass is 19.3. The Bertz CT molecular complexity index is 2680. The summed E-state index contributed by atoms with van der Waals surface area (Å²) in [4.78, 5) is 41.1. The third kappa shape index (κ3) is 9.07. The number of nitrogens with one attached hydrogen (secondary N) is 2. The lowest BCUT2D eigenvalue weighted by atomic mass is 9.85. The van der Waals surface area contributed by atoms with Gasteiger partial charge < -0.3 is 19.9 Å². The summed E-state index contributed by atoms with van der Waals surface area (Å²) in [6, 6.07) is 12.0. The molecule has 6 fully saturated rings. The van der Waals surface area contributed by atoms with Crippen molar-refractivity contribution < 1.29 is 27.5 Å². The molecule has 1 aromatic carbocycles. The number of morpholine rings is 1. The molecule has 4 saturated heterocycles. The summed E-state index contributed by atoms with van der Waals surface area (Å²) < 4.78 is 52.9. The van der Waals surface area contributed by atoms with Crippen LogP contribution >= 0.6 is 0 Å². The van der Waals surface area contributed by atoms with Crippen molar-refractivity contribution >= 4 is 28.8 Å². The number of hydrogen-bond acceptors (Lipinski definition) is 12. The summed E-state index contributed by atoms with van der Waals surface area (Å²) in [5, 5.41) is 24.9. The number of likely N-dealkylation sites (tertiary alicyclic amines) is 1. The molecule has 2 aliphatic carbocycles. The summed E-state index contributed by atoms with van der Waals surface area (Å²) in [7, 11) is 0. The molecule has 18 heteroatoms. The summed E-state index contributed by atoms with van der Waals surface area (Å²) in [5.74, 6) is -2.17. The summed E-state index contributed by atoms with van der Waals surface area (Å²) in [6.45, 7) is 5.37. The molecule has 8 heterocycles. The Morgan fingerprint density at radius 1 is 0.853 bits per heavy atom. The average Bonchev–Trinajstić information content (AvgIpc) is 4.01. The molecule has 2 amide bonds. The van der Waals surface area contributed by atoms with E-state index in [0.717, 1.165) is 93.8 Å². The van der Waals surface area contributed by atoms with Gasteiger partial charge in [-0.2, -0.15) is 15.5 Å². The van der Waals surface area contributed by atoms with E-state index >= 15 is 4.39 Å². The van der Waals surface area contributed by atoms with Crippen molar-refractivity contribution in [1.82, 2.24) is 44.5 Å². The van der Waals surface area contributed by atoms with Gasteiger partial charge in [-0.15, -0.1) is 0 Å². The second kappa shape index (κ2) is 18.5. The first-order chi connectivity index (χ1) is 33.0. The van der Waals surface area contributed by atoms with Gasteiger partial charge in [-0.3, -0.25) is 24.5 Å². The minimum absolute atomic E-state index is 0.0185. The number of alkyl halides is 2. The number of carbonyl (C=O) groups is 2. The summed E-state index contributed by atoms with van der Waals surface area (Å²) in [5.41, 5.74) is 5.23. The molecule has 4 aliphatic heterocycles. The van der Waals surface area contributed by atoms with Crippen LogP contribution < -0.4 is 15.5 Å². The third-order valence-electron chi connectivity index (χ3n) is 15.7. The first-order valence-electron chi connectivity index (χ1n) is 24.4. The lowest BCUT2D eigenvalue weighted by molar-refractivity contribution is -0.133. The van der Waals surface area contributed by atoms with Crippen LogP contribution in [0.1, 0.15) is 100 Å².